The highest BCUT2D eigenvalue weighted by atomic mass is 16.2. The van der Waals surface area contributed by atoms with Gasteiger partial charge >= 0.3 is 0 Å². The second kappa shape index (κ2) is 7.43. The lowest BCUT2D eigenvalue weighted by atomic mass is 10.1. The largest absolute Gasteiger partial charge is 0.399 e. The Hall–Kier alpha value is -2.82. The molecule has 2 aromatic carbocycles. The molecule has 27 heavy (non-hydrogen) atoms. The Morgan fingerprint density at radius 3 is 2.78 bits per heavy atom. The predicted octanol–water partition coefficient (Wildman–Crippen LogP) is 3.93. The molecular weight excluding hydrogens is 336 g/mol. The summed E-state index contributed by atoms with van der Waals surface area (Å²) in [7, 11) is 0. The zero-order chi connectivity index (χ0) is 18.8. The smallest absolute Gasteiger partial charge is 0.223 e. The molecule has 1 unspecified atom stereocenters. The number of benzene rings is 2. The van der Waals surface area contributed by atoms with Gasteiger partial charge in [-0.05, 0) is 49.9 Å². The fourth-order valence-electron chi connectivity index (χ4n) is 4.16. The lowest BCUT2D eigenvalue weighted by molar-refractivity contribution is -0.132. The van der Waals surface area contributed by atoms with E-state index in [1.54, 1.807) is 0 Å². The Kier molecular flexibility index (Phi) is 4.84. The van der Waals surface area contributed by atoms with E-state index >= 15 is 0 Å². The second-order valence-corrected chi connectivity index (χ2v) is 7.15. The average Bonchev–Trinajstić information content (AvgIpc) is 3.31. The van der Waals surface area contributed by atoms with Crippen molar-refractivity contribution in [2.45, 2.75) is 45.2 Å². The highest BCUT2D eigenvalue weighted by Crippen LogP contribution is 2.34. The lowest BCUT2D eigenvalue weighted by Gasteiger charge is -2.25. The summed E-state index contributed by atoms with van der Waals surface area (Å²) in [6.45, 7) is 3.80. The molecule has 3 aromatic rings. The molecule has 0 spiro atoms. The first-order chi connectivity index (χ1) is 13.2. The number of carbonyl (C=O) groups is 1. The Balaban J connectivity index is 1.55. The zero-order valence-electron chi connectivity index (χ0n) is 15.8. The van der Waals surface area contributed by atoms with Gasteiger partial charge in [0.1, 0.15) is 5.82 Å². The van der Waals surface area contributed by atoms with Crippen molar-refractivity contribution in [1.82, 2.24) is 14.5 Å². The minimum absolute atomic E-state index is 0.0676. The third kappa shape index (κ3) is 3.29. The van der Waals surface area contributed by atoms with E-state index in [4.69, 9.17) is 10.7 Å². The first-order valence-corrected chi connectivity index (χ1v) is 9.77. The molecule has 4 rings (SSSR count). The fraction of sp³-hybridized carbons (Fsp3) is 0.364. The standard InChI is InChI=1S/C22H26N4O/c1-2-25-19-11-6-5-10-18(19)24-22(25)20-12-7-15-26(20)21(27)14-13-16-8-3-4-9-17(16)23/h3-6,8-11,20H,2,7,12-15,23H2,1H3. The first-order valence-electron chi connectivity index (χ1n) is 9.77. The number of aryl methyl sites for hydroxylation is 2. The minimum Gasteiger partial charge on any atom is -0.399 e. The molecule has 140 valence electrons. The third-order valence-electron chi connectivity index (χ3n) is 5.53. The molecule has 0 saturated carbocycles. The van der Waals surface area contributed by atoms with Crippen LogP contribution in [0.5, 0.6) is 0 Å². The average molecular weight is 362 g/mol. The predicted molar refractivity (Wildman–Crippen MR) is 108 cm³/mol. The van der Waals surface area contributed by atoms with Gasteiger partial charge in [-0.3, -0.25) is 4.79 Å². The number of nitrogens with zero attached hydrogens (tertiary/aromatic N) is 3. The van der Waals surface area contributed by atoms with Crippen LogP contribution in [0.25, 0.3) is 11.0 Å². The maximum Gasteiger partial charge on any atom is 0.223 e. The van der Waals surface area contributed by atoms with Gasteiger partial charge < -0.3 is 15.2 Å². The van der Waals surface area contributed by atoms with E-state index in [1.807, 2.05) is 47.4 Å². The zero-order valence-corrected chi connectivity index (χ0v) is 15.8. The molecule has 1 amide bonds. The van der Waals surface area contributed by atoms with Crippen LogP contribution in [0.1, 0.15) is 43.6 Å². The van der Waals surface area contributed by atoms with Crippen molar-refractivity contribution in [1.29, 1.82) is 0 Å². The molecule has 0 bridgehead atoms. The third-order valence-corrected chi connectivity index (χ3v) is 5.53. The van der Waals surface area contributed by atoms with Gasteiger partial charge in [-0.15, -0.1) is 0 Å². The van der Waals surface area contributed by atoms with Crippen LogP contribution in [-0.4, -0.2) is 26.9 Å². The number of anilines is 1. The second-order valence-electron chi connectivity index (χ2n) is 7.15. The fourth-order valence-corrected chi connectivity index (χ4v) is 4.16. The number of likely N-dealkylation sites (tertiary alicyclic amines) is 1. The monoisotopic (exact) mass is 362 g/mol. The lowest BCUT2D eigenvalue weighted by Crippen LogP contribution is -2.32. The van der Waals surface area contributed by atoms with Crippen molar-refractivity contribution in [3.8, 4) is 0 Å². The SMILES string of the molecule is CCn1c(C2CCCN2C(=O)CCc2ccccc2N)nc2ccccc21. The van der Waals surface area contributed by atoms with Crippen molar-refractivity contribution in [3.05, 3.63) is 59.9 Å². The minimum atomic E-state index is 0.0676. The van der Waals surface area contributed by atoms with Gasteiger partial charge in [-0.1, -0.05) is 30.3 Å². The topological polar surface area (TPSA) is 64.2 Å². The summed E-state index contributed by atoms with van der Waals surface area (Å²) < 4.78 is 2.25. The van der Waals surface area contributed by atoms with Crippen LogP contribution in [0.15, 0.2) is 48.5 Å². The Morgan fingerprint density at radius 1 is 1.19 bits per heavy atom. The normalized spacial score (nSPS) is 16.9. The molecule has 0 radical (unpaired) electrons. The van der Waals surface area contributed by atoms with Gasteiger partial charge in [0.15, 0.2) is 0 Å². The van der Waals surface area contributed by atoms with E-state index in [2.05, 4.69) is 17.6 Å². The summed E-state index contributed by atoms with van der Waals surface area (Å²) in [4.78, 5) is 19.9. The maximum absolute atomic E-state index is 13.0. The number of nitrogen functional groups attached to an aromatic ring is 1. The molecule has 2 N–H and O–H groups in total. The van der Waals surface area contributed by atoms with E-state index in [1.165, 1.54) is 0 Å². The van der Waals surface area contributed by atoms with E-state index in [9.17, 15) is 4.79 Å². The summed E-state index contributed by atoms with van der Waals surface area (Å²) >= 11 is 0. The molecule has 1 atom stereocenters. The number of rotatable bonds is 5. The number of aromatic nitrogens is 2. The van der Waals surface area contributed by atoms with Gasteiger partial charge in [-0.25, -0.2) is 4.98 Å². The first kappa shape index (κ1) is 17.6. The van der Waals surface area contributed by atoms with Crippen LogP contribution >= 0.6 is 0 Å². The van der Waals surface area contributed by atoms with E-state index in [0.717, 1.165) is 54.0 Å². The van der Waals surface area contributed by atoms with E-state index in [0.29, 0.717) is 12.8 Å². The molecular formula is C22H26N4O. The van der Waals surface area contributed by atoms with E-state index in [-0.39, 0.29) is 11.9 Å². The van der Waals surface area contributed by atoms with Crippen LogP contribution in [0.4, 0.5) is 5.69 Å². The maximum atomic E-state index is 13.0. The van der Waals surface area contributed by atoms with E-state index < -0.39 is 0 Å². The number of nitrogens with two attached hydrogens (primary N) is 1. The van der Waals surface area contributed by atoms with Crippen molar-refractivity contribution in [2.24, 2.45) is 0 Å². The number of para-hydroxylation sites is 3. The number of hydrogen-bond donors (Lipinski definition) is 1. The Labute approximate surface area is 159 Å². The van der Waals surface area contributed by atoms with Gasteiger partial charge in [0.05, 0.1) is 17.1 Å². The van der Waals surface area contributed by atoms with Crippen LogP contribution < -0.4 is 5.73 Å². The van der Waals surface area contributed by atoms with Gasteiger partial charge in [0.25, 0.3) is 0 Å². The summed E-state index contributed by atoms with van der Waals surface area (Å²) in [5, 5.41) is 0. The molecule has 2 heterocycles. The summed E-state index contributed by atoms with van der Waals surface area (Å²) in [5.41, 5.74) is 9.98. The molecule has 5 heteroatoms. The van der Waals surface area contributed by atoms with Crippen molar-refractivity contribution < 1.29 is 4.79 Å². The quantitative estimate of drug-likeness (QED) is 0.699. The van der Waals surface area contributed by atoms with Crippen LogP contribution in [0, 0.1) is 0 Å². The van der Waals surface area contributed by atoms with Crippen LogP contribution in [0.2, 0.25) is 0 Å². The van der Waals surface area contributed by atoms with Crippen LogP contribution in [0.3, 0.4) is 0 Å². The number of fused-ring (bicyclic) bond motifs is 1. The Bertz CT molecular complexity index is 962. The van der Waals surface area contributed by atoms with Crippen molar-refractivity contribution in [2.75, 3.05) is 12.3 Å². The number of hydrogen-bond acceptors (Lipinski definition) is 3. The number of carbonyl (C=O) groups excluding carboxylic acids is 1. The summed E-state index contributed by atoms with van der Waals surface area (Å²) in [6, 6.07) is 16.1. The Morgan fingerprint density at radius 2 is 1.96 bits per heavy atom. The number of amides is 1. The molecule has 1 aliphatic rings. The van der Waals surface area contributed by atoms with Crippen molar-refractivity contribution in [3.63, 3.8) is 0 Å². The summed E-state index contributed by atoms with van der Waals surface area (Å²) in [5.74, 6) is 1.21. The molecule has 1 aromatic heterocycles. The number of imidazole rings is 1. The van der Waals surface area contributed by atoms with Gasteiger partial charge in [-0.2, -0.15) is 0 Å². The van der Waals surface area contributed by atoms with Crippen LogP contribution in [-0.2, 0) is 17.8 Å². The molecule has 1 fully saturated rings. The molecule has 5 nitrogen and oxygen atoms in total. The molecule has 1 aliphatic heterocycles. The molecule has 1 saturated heterocycles. The summed E-state index contributed by atoms with van der Waals surface area (Å²) in [6.07, 6.45) is 3.16. The van der Waals surface area contributed by atoms with Gasteiger partial charge in [0.2, 0.25) is 5.91 Å². The van der Waals surface area contributed by atoms with Crippen molar-refractivity contribution >= 4 is 22.6 Å². The van der Waals surface area contributed by atoms with Gasteiger partial charge in [0, 0.05) is 25.2 Å². The molecule has 0 aliphatic carbocycles. The highest BCUT2D eigenvalue weighted by Gasteiger charge is 2.33. The highest BCUT2D eigenvalue weighted by molar-refractivity contribution is 5.79.